The van der Waals surface area contributed by atoms with Crippen molar-refractivity contribution in [3.63, 3.8) is 0 Å². The Kier molecular flexibility index (Phi) is 23.7. The molecule has 0 radical (unpaired) electrons. The molecular formula is C13H24O. The summed E-state index contributed by atoms with van der Waals surface area (Å²) in [5.74, 6) is 0.0816. The van der Waals surface area contributed by atoms with Crippen LogP contribution in [0.5, 0.6) is 0 Å². The van der Waals surface area contributed by atoms with E-state index >= 15 is 0 Å². The molecule has 0 aliphatic rings. The Morgan fingerprint density at radius 2 is 1.64 bits per heavy atom. The first-order chi connectivity index (χ1) is 6.72. The minimum atomic E-state index is 0.0816. The molecule has 0 fully saturated rings. The highest BCUT2D eigenvalue weighted by molar-refractivity contribution is 5.97. The zero-order chi connectivity index (χ0) is 12.0. The lowest BCUT2D eigenvalue weighted by molar-refractivity contribution is -0.114. The number of hydrogen-bond acceptors (Lipinski definition) is 1. The van der Waals surface area contributed by atoms with Gasteiger partial charge < -0.3 is 0 Å². The third-order valence-corrected chi connectivity index (χ3v) is 1.11. The van der Waals surface area contributed by atoms with Crippen molar-refractivity contribution < 1.29 is 4.79 Å². The van der Waals surface area contributed by atoms with E-state index in [1.807, 2.05) is 34.6 Å². The van der Waals surface area contributed by atoms with Crippen molar-refractivity contribution in [1.29, 1.82) is 0 Å². The molecule has 0 saturated heterocycles. The lowest BCUT2D eigenvalue weighted by Gasteiger charge is -1.91. The second-order valence-corrected chi connectivity index (χ2v) is 1.90. The highest BCUT2D eigenvalue weighted by Gasteiger charge is 1.97. The van der Waals surface area contributed by atoms with E-state index in [-0.39, 0.29) is 5.78 Å². The maximum atomic E-state index is 10.8. The van der Waals surface area contributed by atoms with Gasteiger partial charge in [-0.15, -0.1) is 0 Å². The molecule has 14 heavy (non-hydrogen) atoms. The highest BCUT2D eigenvalue weighted by atomic mass is 16.1. The number of allylic oxidation sites excluding steroid dienone is 4. The van der Waals surface area contributed by atoms with E-state index in [9.17, 15) is 4.79 Å². The molecular weight excluding hydrogens is 172 g/mol. The van der Waals surface area contributed by atoms with E-state index in [1.54, 1.807) is 18.2 Å². The first-order valence-corrected chi connectivity index (χ1v) is 5.23. The lowest BCUT2D eigenvalue weighted by Crippen LogP contribution is -1.94. The summed E-state index contributed by atoms with van der Waals surface area (Å²) in [5, 5.41) is 0. The SMILES string of the molecule is C=C/C=C\C(=C)C(=O)CC.CC.CC. The van der Waals surface area contributed by atoms with Crippen LogP contribution in [-0.4, -0.2) is 5.78 Å². The van der Waals surface area contributed by atoms with Gasteiger partial charge in [-0.3, -0.25) is 4.79 Å². The van der Waals surface area contributed by atoms with Gasteiger partial charge in [0.1, 0.15) is 0 Å². The molecule has 0 unspecified atom stereocenters. The monoisotopic (exact) mass is 196 g/mol. The molecule has 1 nitrogen and oxygen atoms in total. The smallest absolute Gasteiger partial charge is 0.162 e. The van der Waals surface area contributed by atoms with Crippen LogP contribution < -0.4 is 0 Å². The zero-order valence-electron chi connectivity index (χ0n) is 10.3. The first-order valence-electron chi connectivity index (χ1n) is 5.23. The van der Waals surface area contributed by atoms with E-state index in [1.165, 1.54) is 0 Å². The molecule has 0 atom stereocenters. The molecule has 0 aliphatic heterocycles. The maximum absolute atomic E-state index is 10.8. The Bertz CT molecular complexity index is 176. The lowest BCUT2D eigenvalue weighted by atomic mass is 10.1. The second kappa shape index (κ2) is 17.8. The van der Waals surface area contributed by atoms with Gasteiger partial charge >= 0.3 is 0 Å². The summed E-state index contributed by atoms with van der Waals surface area (Å²) in [6, 6.07) is 0. The average molecular weight is 196 g/mol. The fourth-order valence-corrected chi connectivity index (χ4v) is 0.504. The molecule has 0 rings (SSSR count). The summed E-state index contributed by atoms with van der Waals surface area (Å²) in [5.41, 5.74) is 0.544. The van der Waals surface area contributed by atoms with Gasteiger partial charge in [0.05, 0.1) is 0 Å². The van der Waals surface area contributed by atoms with Crippen molar-refractivity contribution in [1.82, 2.24) is 0 Å². The van der Waals surface area contributed by atoms with Crippen molar-refractivity contribution in [2.75, 3.05) is 0 Å². The van der Waals surface area contributed by atoms with Gasteiger partial charge in [-0.05, 0) is 0 Å². The molecule has 82 valence electrons. The van der Waals surface area contributed by atoms with Crippen LogP contribution in [0.2, 0.25) is 0 Å². The third-order valence-electron chi connectivity index (χ3n) is 1.11. The zero-order valence-corrected chi connectivity index (χ0v) is 10.3. The van der Waals surface area contributed by atoms with E-state index in [4.69, 9.17) is 0 Å². The van der Waals surface area contributed by atoms with Gasteiger partial charge in [0.25, 0.3) is 0 Å². The molecule has 0 aromatic rings. The minimum Gasteiger partial charge on any atom is -0.294 e. The predicted molar refractivity (Wildman–Crippen MR) is 66.5 cm³/mol. The fraction of sp³-hybridized carbons (Fsp3) is 0.462. The second-order valence-electron chi connectivity index (χ2n) is 1.90. The number of rotatable bonds is 4. The van der Waals surface area contributed by atoms with Crippen LogP contribution in [0.15, 0.2) is 37.0 Å². The van der Waals surface area contributed by atoms with Crippen LogP contribution >= 0.6 is 0 Å². The summed E-state index contributed by atoms with van der Waals surface area (Å²) in [6.07, 6.45) is 5.50. The molecule has 0 heterocycles. The van der Waals surface area contributed by atoms with Crippen LogP contribution in [0, 0.1) is 0 Å². The Balaban J connectivity index is -0.000000266. The molecule has 0 bridgehead atoms. The normalized spacial score (nSPS) is 7.79. The van der Waals surface area contributed by atoms with E-state index in [0.717, 1.165) is 0 Å². The van der Waals surface area contributed by atoms with Gasteiger partial charge in [-0.2, -0.15) is 0 Å². The number of hydrogen-bond donors (Lipinski definition) is 0. The van der Waals surface area contributed by atoms with Crippen molar-refractivity contribution in [3.05, 3.63) is 37.0 Å². The maximum Gasteiger partial charge on any atom is 0.162 e. The number of ketones is 1. The summed E-state index contributed by atoms with van der Waals surface area (Å²) >= 11 is 0. The predicted octanol–water partition coefficient (Wildman–Crippen LogP) is 4.32. The molecule has 1 heteroatoms. The molecule has 0 saturated carbocycles. The van der Waals surface area contributed by atoms with Crippen LogP contribution in [0.1, 0.15) is 41.0 Å². The Morgan fingerprint density at radius 1 is 1.21 bits per heavy atom. The van der Waals surface area contributed by atoms with Gasteiger partial charge in [0.15, 0.2) is 5.78 Å². The van der Waals surface area contributed by atoms with Crippen LogP contribution in [0.3, 0.4) is 0 Å². The molecule has 0 N–H and O–H groups in total. The van der Waals surface area contributed by atoms with Gasteiger partial charge in [0.2, 0.25) is 0 Å². The Labute approximate surface area is 89.2 Å². The molecule has 0 amide bonds. The van der Waals surface area contributed by atoms with E-state index in [0.29, 0.717) is 12.0 Å². The van der Waals surface area contributed by atoms with Gasteiger partial charge in [-0.25, -0.2) is 0 Å². The molecule has 0 spiro atoms. The first kappa shape index (κ1) is 18.6. The van der Waals surface area contributed by atoms with Crippen LogP contribution in [-0.2, 0) is 4.79 Å². The Hall–Kier alpha value is -1.11. The van der Waals surface area contributed by atoms with Gasteiger partial charge in [0, 0.05) is 12.0 Å². The molecule has 0 aromatic carbocycles. The van der Waals surface area contributed by atoms with Crippen molar-refractivity contribution in [3.8, 4) is 0 Å². The summed E-state index contributed by atoms with van der Waals surface area (Å²) < 4.78 is 0. The quantitative estimate of drug-likeness (QED) is 0.483. The van der Waals surface area contributed by atoms with Crippen LogP contribution in [0.4, 0.5) is 0 Å². The van der Waals surface area contributed by atoms with E-state index < -0.39 is 0 Å². The number of carbonyl (C=O) groups excluding carboxylic acids is 1. The highest BCUT2D eigenvalue weighted by Crippen LogP contribution is 1.97. The van der Waals surface area contributed by atoms with Crippen molar-refractivity contribution >= 4 is 5.78 Å². The summed E-state index contributed by atoms with van der Waals surface area (Å²) in [4.78, 5) is 10.8. The molecule has 0 aromatic heterocycles. The minimum absolute atomic E-state index is 0.0816. The third kappa shape index (κ3) is 13.5. The largest absolute Gasteiger partial charge is 0.294 e. The topological polar surface area (TPSA) is 17.1 Å². The summed E-state index contributed by atoms with van der Waals surface area (Å²) in [7, 11) is 0. The average Bonchev–Trinajstić information content (AvgIpc) is 2.30. The van der Waals surface area contributed by atoms with Crippen LogP contribution in [0.25, 0.3) is 0 Å². The van der Waals surface area contributed by atoms with Crippen molar-refractivity contribution in [2.45, 2.75) is 41.0 Å². The standard InChI is InChI=1S/C9H12O.2C2H6/c1-4-6-7-8(3)9(10)5-2;2*1-2/h4,6-7H,1,3,5H2,2H3;2*1-2H3/b7-6-;;. The summed E-state index contributed by atoms with van der Waals surface area (Å²) in [6.45, 7) is 16.9. The number of carbonyl (C=O) groups is 1. The fourth-order valence-electron chi connectivity index (χ4n) is 0.504. The van der Waals surface area contributed by atoms with Crippen molar-refractivity contribution in [2.24, 2.45) is 0 Å². The van der Waals surface area contributed by atoms with Gasteiger partial charge in [-0.1, -0.05) is 66.0 Å². The molecule has 0 aliphatic carbocycles. The van der Waals surface area contributed by atoms with E-state index in [2.05, 4.69) is 13.2 Å². The Morgan fingerprint density at radius 3 is 1.93 bits per heavy atom. The number of Topliss-reactive ketones (excluding diaryl/α,β-unsaturated/α-hetero) is 1.